The minimum absolute atomic E-state index is 0.799. The van der Waals surface area contributed by atoms with Crippen molar-refractivity contribution < 1.29 is 0 Å². The molecule has 0 aromatic carbocycles. The van der Waals surface area contributed by atoms with Crippen molar-refractivity contribution in [2.45, 2.75) is 13.0 Å². The Morgan fingerprint density at radius 2 is 2.47 bits per heavy atom. The van der Waals surface area contributed by atoms with Crippen molar-refractivity contribution in [2.24, 2.45) is 5.92 Å². The van der Waals surface area contributed by atoms with Crippen LogP contribution < -0.4 is 10.6 Å². The van der Waals surface area contributed by atoms with Gasteiger partial charge >= 0.3 is 0 Å². The Morgan fingerprint density at radius 1 is 1.53 bits per heavy atom. The second kappa shape index (κ2) is 5.58. The van der Waals surface area contributed by atoms with E-state index in [2.05, 4.69) is 37.6 Å². The number of rotatable bonds is 4. The monoisotopic (exact) mass is 269 g/mol. The van der Waals surface area contributed by atoms with Crippen molar-refractivity contribution >= 4 is 15.9 Å². The fourth-order valence-electron chi connectivity index (χ4n) is 1.82. The minimum atomic E-state index is 0.799. The molecule has 1 aliphatic rings. The molecular weight excluding hydrogens is 254 g/mol. The van der Waals surface area contributed by atoms with Crippen LogP contribution in [0.15, 0.2) is 22.9 Å². The topological polar surface area (TPSA) is 37.0 Å². The first kappa shape index (κ1) is 11.0. The molecule has 0 bridgehead atoms. The molecule has 1 aromatic rings. The van der Waals surface area contributed by atoms with Gasteiger partial charge in [-0.1, -0.05) is 6.07 Å². The average molecular weight is 270 g/mol. The third-order valence-electron chi connectivity index (χ3n) is 2.71. The molecule has 1 fully saturated rings. The summed E-state index contributed by atoms with van der Waals surface area (Å²) in [7, 11) is 0. The molecule has 1 unspecified atom stereocenters. The van der Waals surface area contributed by atoms with Crippen LogP contribution in [-0.4, -0.2) is 24.6 Å². The Labute approximate surface area is 98.8 Å². The molecule has 0 radical (unpaired) electrons. The van der Waals surface area contributed by atoms with Gasteiger partial charge in [0.2, 0.25) is 0 Å². The Hall–Kier alpha value is -0.450. The van der Waals surface area contributed by atoms with Crippen LogP contribution >= 0.6 is 15.9 Å². The summed E-state index contributed by atoms with van der Waals surface area (Å²) in [6.07, 6.45) is 3.20. The molecule has 2 N–H and O–H groups in total. The molecule has 2 rings (SSSR count). The van der Waals surface area contributed by atoms with Crippen LogP contribution in [0.5, 0.6) is 0 Å². The van der Waals surface area contributed by atoms with Crippen LogP contribution in [0.25, 0.3) is 0 Å². The highest BCUT2D eigenvalue weighted by molar-refractivity contribution is 9.10. The molecule has 15 heavy (non-hydrogen) atoms. The molecule has 0 aliphatic carbocycles. The lowest BCUT2D eigenvalue weighted by Gasteiger charge is -2.09. The molecule has 1 saturated heterocycles. The predicted octanol–water partition coefficient (Wildman–Crippen LogP) is 1.54. The number of nitrogens with one attached hydrogen (secondary N) is 2. The molecule has 0 amide bonds. The van der Waals surface area contributed by atoms with Gasteiger partial charge in [0.1, 0.15) is 4.60 Å². The Bertz CT molecular complexity index is 293. The summed E-state index contributed by atoms with van der Waals surface area (Å²) in [5.74, 6) is 0.799. The van der Waals surface area contributed by atoms with Crippen LogP contribution in [0, 0.1) is 5.92 Å². The quantitative estimate of drug-likeness (QED) is 0.815. The van der Waals surface area contributed by atoms with Gasteiger partial charge in [-0.3, -0.25) is 0 Å². The van der Waals surface area contributed by atoms with E-state index in [9.17, 15) is 0 Å². The molecule has 4 heteroatoms. The Morgan fingerprint density at radius 3 is 3.13 bits per heavy atom. The summed E-state index contributed by atoms with van der Waals surface area (Å²) in [5, 5.41) is 6.84. The second-order valence-electron chi connectivity index (χ2n) is 3.98. The van der Waals surface area contributed by atoms with Crippen molar-refractivity contribution in [1.29, 1.82) is 0 Å². The van der Waals surface area contributed by atoms with Crippen LogP contribution in [0.2, 0.25) is 0 Å². The van der Waals surface area contributed by atoms with E-state index in [4.69, 9.17) is 0 Å². The highest BCUT2D eigenvalue weighted by Gasteiger charge is 2.13. The summed E-state index contributed by atoms with van der Waals surface area (Å²) in [6, 6.07) is 4.07. The lowest BCUT2D eigenvalue weighted by Crippen LogP contribution is -2.24. The predicted molar refractivity (Wildman–Crippen MR) is 64.6 cm³/mol. The molecular formula is C11H16BrN3. The highest BCUT2D eigenvalue weighted by atomic mass is 79.9. The van der Waals surface area contributed by atoms with Crippen LogP contribution in [0.3, 0.4) is 0 Å². The first-order chi connectivity index (χ1) is 7.34. The maximum Gasteiger partial charge on any atom is 0.106 e. The molecule has 82 valence electrons. The normalized spacial score (nSPS) is 20.7. The fourth-order valence-corrected chi connectivity index (χ4v) is 2.05. The zero-order valence-corrected chi connectivity index (χ0v) is 10.3. The third-order valence-corrected chi connectivity index (χ3v) is 3.18. The summed E-state index contributed by atoms with van der Waals surface area (Å²) in [6.45, 7) is 4.34. The Kier molecular flexibility index (Phi) is 4.11. The first-order valence-corrected chi connectivity index (χ1v) is 6.16. The zero-order chi connectivity index (χ0) is 10.5. The van der Waals surface area contributed by atoms with E-state index in [1.807, 2.05) is 12.3 Å². The van der Waals surface area contributed by atoms with E-state index in [0.29, 0.717) is 0 Å². The van der Waals surface area contributed by atoms with Crippen LogP contribution in [-0.2, 0) is 6.54 Å². The number of nitrogens with zero attached hydrogens (tertiary/aromatic N) is 1. The first-order valence-electron chi connectivity index (χ1n) is 5.36. The van der Waals surface area contributed by atoms with E-state index in [1.165, 1.54) is 18.5 Å². The van der Waals surface area contributed by atoms with Gasteiger partial charge in [0.25, 0.3) is 0 Å². The van der Waals surface area contributed by atoms with Crippen molar-refractivity contribution in [1.82, 2.24) is 15.6 Å². The number of hydrogen-bond acceptors (Lipinski definition) is 3. The van der Waals surface area contributed by atoms with E-state index >= 15 is 0 Å². The van der Waals surface area contributed by atoms with Crippen molar-refractivity contribution in [3.05, 3.63) is 28.5 Å². The maximum atomic E-state index is 4.19. The second-order valence-corrected chi connectivity index (χ2v) is 4.79. The van der Waals surface area contributed by atoms with Crippen molar-refractivity contribution in [3.63, 3.8) is 0 Å². The summed E-state index contributed by atoms with van der Waals surface area (Å²) in [5.41, 5.74) is 1.24. The lowest BCUT2D eigenvalue weighted by atomic mass is 10.1. The molecule has 1 aromatic heterocycles. The largest absolute Gasteiger partial charge is 0.316 e. The molecule has 3 nitrogen and oxygen atoms in total. The van der Waals surface area contributed by atoms with E-state index in [0.717, 1.165) is 30.2 Å². The van der Waals surface area contributed by atoms with Gasteiger partial charge in [0, 0.05) is 12.7 Å². The zero-order valence-electron chi connectivity index (χ0n) is 8.67. The Balaban J connectivity index is 1.71. The molecule has 1 atom stereocenters. The van der Waals surface area contributed by atoms with Gasteiger partial charge in [-0.05, 0) is 59.5 Å². The fraction of sp³-hybridized carbons (Fsp3) is 0.545. The van der Waals surface area contributed by atoms with Crippen LogP contribution in [0.1, 0.15) is 12.0 Å². The summed E-state index contributed by atoms with van der Waals surface area (Å²) in [4.78, 5) is 4.19. The minimum Gasteiger partial charge on any atom is -0.316 e. The van der Waals surface area contributed by atoms with Crippen molar-refractivity contribution in [2.75, 3.05) is 19.6 Å². The van der Waals surface area contributed by atoms with Gasteiger partial charge in [-0.15, -0.1) is 0 Å². The lowest BCUT2D eigenvalue weighted by molar-refractivity contribution is 0.512. The summed E-state index contributed by atoms with van der Waals surface area (Å²) >= 11 is 3.33. The van der Waals surface area contributed by atoms with Gasteiger partial charge in [-0.25, -0.2) is 4.98 Å². The standard InChI is InChI=1S/C11H16BrN3/c12-11-2-1-9(8-15-11)6-14-7-10-3-4-13-5-10/h1-2,8,10,13-14H,3-7H2. The van der Waals surface area contributed by atoms with Crippen LogP contribution in [0.4, 0.5) is 0 Å². The van der Waals surface area contributed by atoms with Gasteiger partial charge in [0.05, 0.1) is 0 Å². The number of hydrogen-bond donors (Lipinski definition) is 2. The number of halogens is 1. The smallest absolute Gasteiger partial charge is 0.106 e. The maximum absolute atomic E-state index is 4.19. The van der Waals surface area contributed by atoms with Gasteiger partial charge in [-0.2, -0.15) is 0 Å². The SMILES string of the molecule is Brc1ccc(CNCC2CCNC2)cn1. The number of aromatic nitrogens is 1. The van der Waals surface area contributed by atoms with Gasteiger partial charge in [0.15, 0.2) is 0 Å². The van der Waals surface area contributed by atoms with E-state index < -0.39 is 0 Å². The molecule has 2 heterocycles. The molecule has 0 spiro atoms. The average Bonchev–Trinajstić information content (AvgIpc) is 2.74. The van der Waals surface area contributed by atoms with Crippen molar-refractivity contribution in [3.8, 4) is 0 Å². The number of pyridine rings is 1. The summed E-state index contributed by atoms with van der Waals surface area (Å²) < 4.78 is 0.895. The molecule has 0 saturated carbocycles. The third kappa shape index (κ3) is 3.55. The highest BCUT2D eigenvalue weighted by Crippen LogP contribution is 2.08. The van der Waals surface area contributed by atoms with Gasteiger partial charge < -0.3 is 10.6 Å². The van der Waals surface area contributed by atoms with E-state index in [-0.39, 0.29) is 0 Å². The van der Waals surface area contributed by atoms with E-state index in [1.54, 1.807) is 0 Å². The molecule has 1 aliphatic heterocycles.